The third-order valence-corrected chi connectivity index (χ3v) is 4.93. The molecule has 1 heterocycles. The minimum atomic E-state index is -0.480. The highest BCUT2D eigenvalue weighted by atomic mass is 16.5. The molecular formula is C19H22N2O4. The van der Waals surface area contributed by atoms with Crippen LogP contribution < -0.4 is 5.32 Å². The number of piperidine rings is 1. The lowest BCUT2D eigenvalue weighted by Gasteiger charge is -2.33. The van der Waals surface area contributed by atoms with Crippen molar-refractivity contribution in [2.24, 2.45) is 5.92 Å². The van der Waals surface area contributed by atoms with Crippen LogP contribution in [0.15, 0.2) is 36.9 Å². The Kier molecular flexibility index (Phi) is 4.88. The van der Waals surface area contributed by atoms with Gasteiger partial charge in [0.25, 0.3) is 5.91 Å². The maximum Gasteiger partial charge on any atom is 0.329 e. The molecule has 1 aliphatic heterocycles. The first-order valence-corrected chi connectivity index (χ1v) is 8.58. The van der Waals surface area contributed by atoms with Crippen LogP contribution in [0.5, 0.6) is 0 Å². The fourth-order valence-electron chi connectivity index (χ4n) is 3.85. The number of fused-ring (bicyclic) bond motifs is 2. The third kappa shape index (κ3) is 3.29. The molecule has 0 spiro atoms. The second-order valence-corrected chi connectivity index (χ2v) is 6.41. The first-order valence-electron chi connectivity index (χ1n) is 8.58. The van der Waals surface area contributed by atoms with Crippen molar-refractivity contribution in [3.05, 3.63) is 42.5 Å². The van der Waals surface area contributed by atoms with Gasteiger partial charge < -0.3 is 15.0 Å². The highest BCUT2D eigenvalue weighted by molar-refractivity contribution is 6.00. The van der Waals surface area contributed by atoms with Gasteiger partial charge in [0, 0.05) is 17.3 Å². The van der Waals surface area contributed by atoms with E-state index in [0.717, 1.165) is 19.3 Å². The van der Waals surface area contributed by atoms with Gasteiger partial charge >= 0.3 is 5.97 Å². The SMILES string of the molecule is C=CC(=O)Nc1ccc(C(=O)N2[C@@H]3CC[C@@H](C3)[C@H]2C(=O)OCC)cc1. The van der Waals surface area contributed by atoms with E-state index in [4.69, 9.17) is 4.74 Å². The van der Waals surface area contributed by atoms with E-state index in [9.17, 15) is 14.4 Å². The summed E-state index contributed by atoms with van der Waals surface area (Å²) in [5.74, 6) is -0.581. The Morgan fingerprint density at radius 1 is 1.28 bits per heavy atom. The molecule has 1 saturated heterocycles. The first-order chi connectivity index (χ1) is 12.0. The Morgan fingerprint density at radius 2 is 2.00 bits per heavy atom. The number of ether oxygens (including phenoxy) is 1. The normalized spacial score (nSPS) is 24.0. The van der Waals surface area contributed by atoms with E-state index in [0.29, 0.717) is 17.9 Å². The molecule has 6 nitrogen and oxygen atoms in total. The Bertz CT molecular complexity index is 698. The minimum absolute atomic E-state index is 0.104. The van der Waals surface area contributed by atoms with Gasteiger partial charge in [0.2, 0.25) is 5.91 Å². The van der Waals surface area contributed by atoms with Crippen molar-refractivity contribution in [2.45, 2.75) is 38.3 Å². The molecule has 6 heteroatoms. The van der Waals surface area contributed by atoms with E-state index in [2.05, 4.69) is 11.9 Å². The highest BCUT2D eigenvalue weighted by Gasteiger charge is 2.52. The monoisotopic (exact) mass is 342 g/mol. The van der Waals surface area contributed by atoms with Crippen molar-refractivity contribution in [1.82, 2.24) is 4.90 Å². The quantitative estimate of drug-likeness (QED) is 0.658. The second kappa shape index (κ2) is 7.09. The second-order valence-electron chi connectivity index (χ2n) is 6.41. The summed E-state index contributed by atoms with van der Waals surface area (Å²) in [5.41, 5.74) is 1.09. The maximum atomic E-state index is 13.0. The van der Waals surface area contributed by atoms with Gasteiger partial charge in [-0.15, -0.1) is 0 Å². The summed E-state index contributed by atoms with van der Waals surface area (Å²) >= 11 is 0. The summed E-state index contributed by atoms with van der Waals surface area (Å²) in [6.07, 6.45) is 3.94. The number of carbonyl (C=O) groups is 3. The molecule has 2 aliphatic rings. The van der Waals surface area contributed by atoms with E-state index < -0.39 is 6.04 Å². The van der Waals surface area contributed by atoms with Crippen LogP contribution in [0.2, 0.25) is 0 Å². The molecule has 1 aliphatic carbocycles. The molecule has 0 aromatic heterocycles. The number of esters is 1. The van der Waals surface area contributed by atoms with Crippen molar-refractivity contribution >= 4 is 23.5 Å². The van der Waals surface area contributed by atoms with E-state index in [-0.39, 0.29) is 29.7 Å². The average Bonchev–Trinajstić information content (AvgIpc) is 3.23. The maximum absolute atomic E-state index is 13.0. The molecule has 2 amide bonds. The number of carbonyl (C=O) groups excluding carboxylic acids is 3. The van der Waals surface area contributed by atoms with Crippen LogP contribution in [0.4, 0.5) is 5.69 Å². The third-order valence-electron chi connectivity index (χ3n) is 4.93. The lowest BCUT2D eigenvalue weighted by Crippen LogP contribution is -2.49. The molecule has 1 aromatic carbocycles. The van der Waals surface area contributed by atoms with Crippen molar-refractivity contribution in [3.8, 4) is 0 Å². The minimum Gasteiger partial charge on any atom is -0.464 e. The molecule has 3 atom stereocenters. The van der Waals surface area contributed by atoms with E-state index in [1.54, 1.807) is 36.1 Å². The van der Waals surface area contributed by atoms with Crippen LogP contribution in [-0.2, 0) is 14.3 Å². The van der Waals surface area contributed by atoms with Gasteiger partial charge in [0.15, 0.2) is 0 Å². The van der Waals surface area contributed by atoms with E-state index in [1.807, 2.05) is 0 Å². The van der Waals surface area contributed by atoms with Gasteiger partial charge in [-0.2, -0.15) is 0 Å². The number of anilines is 1. The molecule has 3 rings (SSSR count). The van der Waals surface area contributed by atoms with Crippen molar-refractivity contribution < 1.29 is 19.1 Å². The summed E-state index contributed by atoms with van der Waals surface area (Å²) in [7, 11) is 0. The van der Waals surface area contributed by atoms with Crippen molar-refractivity contribution in [2.75, 3.05) is 11.9 Å². The molecule has 1 N–H and O–H groups in total. The predicted molar refractivity (Wildman–Crippen MR) is 93.0 cm³/mol. The zero-order valence-corrected chi connectivity index (χ0v) is 14.2. The number of nitrogens with zero attached hydrogens (tertiary/aromatic N) is 1. The number of likely N-dealkylation sites (tertiary alicyclic amines) is 1. The van der Waals surface area contributed by atoms with E-state index in [1.165, 1.54) is 6.08 Å². The van der Waals surface area contributed by atoms with Gasteiger partial charge in [-0.25, -0.2) is 4.79 Å². The topological polar surface area (TPSA) is 75.7 Å². The molecule has 132 valence electrons. The summed E-state index contributed by atoms with van der Waals surface area (Å²) in [4.78, 5) is 38.3. The Hall–Kier alpha value is -2.63. The fourth-order valence-corrected chi connectivity index (χ4v) is 3.85. The summed E-state index contributed by atoms with van der Waals surface area (Å²) in [6, 6.07) is 6.29. The van der Waals surface area contributed by atoms with E-state index >= 15 is 0 Å². The number of hydrogen-bond donors (Lipinski definition) is 1. The molecule has 0 radical (unpaired) electrons. The smallest absolute Gasteiger partial charge is 0.329 e. The van der Waals surface area contributed by atoms with Crippen LogP contribution in [0.1, 0.15) is 36.5 Å². The average molecular weight is 342 g/mol. The van der Waals surface area contributed by atoms with Gasteiger partial charge in [-0.3, -0.25) is 9.59 Å². The fraction of sp³-hybridized carbons (Fsp3) is 0.421. The van der Waals surface area contributed by atoms with Gasteiger partial charge in [0.1, 0.15) is 6.04 Å². The Morgan fingerprint density at radius 3 is 2.64 bits per heavy atom. The lowest BCUT2D eigenvalue weighted by molar-refractivity contribution is -0.150. The van der Waals surface area contributed by atoms with Gasteiger partial charge in [-0.05, 0) is 62.4 Å². The zero-order valence-electron chi connectivity index (χ0n) is 14.2. The summed E-state index contributed by atoms with van der Waals surface area (Å²) in [6.45, 7) is 5.48. The largest absolute Gasteiger partial charge is 0.464 e. The Balaban J connectivity index is 1.78. The number of benzene rings is 1. The first kappa shape index (κ1) is 17.2. The van der Waals surface area contributed by atoms with Crippen LogP contribution >= 0.6 is 0 Å². The number of rotatable bonds is 5. The molecule has 2 fully saturated rings. The van der Waals surface area contributed by atoms with Crippen molar-refractivity contribution in [1.29, 1.82) is 0 Å². The molecule has 1 saturated carbocycles. The number of amides is 2. The number of nitrogens with one attached hydrogen (secondary N) is 1. The molecular weight excluding hydrogens is 320 g/mol. The van der Waals surface area contributed by atoms with Gasteiger partial charge in [-0.1, -0.05) is 6.58 Å². The molecule has 0 unspecified atom stereocenters. The molecule has 25 heavy (non-hydrogen) atoms. The zero-order chi connectivity index (χ0) is 18.0. The molecule has 1 aromatic rings. The summed E-state index contributed by atoms with van der Waals surface area (Å²) < 4.78 is 5.18. The van der Waals surface area contributed by atoms with Crippen LogP contribution in [0.3, 0.4) is 0 Å². The highest BCUT2D eigenvalue weighted by Crippen LogP contribution is 2.43. The van der Waals surface area contributed by atoms with Gasteiger partial charge in [0.05, 0.1) is 6.61 Å². The Labute approximate surface area is 146 Å². The number of hydrogen-bond acceptors (Lipinski definition) is 4. The van der Waals surface area contributed by atoms with Crippen molar-refractivity contribution in [3.63, 3.8) is 0 Å². The lowest BCUT2D eigenvalue weighted by atomic mass is 9.98. The summed E-state index contributed by atoms with van der Waals surface area (Å²) in [5, 5.41) is 2.64. The standard InChI is InChI=1S/C19H22N2O4/c1-3-16(22)20-14-8-5-12(6-9-14)18(23)21-15-10-7-13(11-15)17(21)19(24)25-4-2/h3,5-6,8-9,13,15,17H,1,4,7,10-11H2,2H3,(H,20,22)/t13-,15+,17-/m0/s1. The predicted octanol–water partition coefficient (Wildman–Crippen LogP) is 2.37. The van der Waals surface area contributed by atoms with Crippen LogP contribution in [0.25, 0.3) is 0 Å². The van der Waals surface area contributed by atoms with Crippen LogP contribution in [0, 0.1) is 5.92 Å². The molecule has 2 bridgehead atoms. The van der Waals surface area contributed by atoms with Crippen LogP contribution in [-0.4, -0.2) is 41.4 Å².